The van der Waals surface area contributed by atoms with Gasteiger partial charge in [-0.05, 0) is 48.0 Å². The molecule has 0 fully saturated rings. The lowest BCUT2D eigenvalue weighted by Crippen LogP contribution is -2.11. The van der Waals surface area contributed by atoms with Gasteiger partial charge in [0.1, 0.15) is 12.4 Å². The fourth-order valence-corrected chi connectivity index (χ4v) is 2.54. The van der Waals surface area contributed by atoms with Gasteiger partial charge in [0.25, 0.3) is 11.6 Å². The van der Waals surface area contributed by atoms with Gasteiger partial charge >= 0.3 is 0 Å². The van der Waals surface area contributed by atoms with Crippen LogP contribution >= 0.6 is 11.6 Å². The monoisotopic (exact) mass is 382 g/mol. The van der Waals surface area contributed by atoms with Gasteiger partial charge in [-0.25, -0.2) is 0 Å². The number of rotatable bonds is 6. The van der Waals surface area contributed by atoms with Crippen molar-refractivity contribution in [3.63, 3.8) is 0 Å². The molecule has 7 heteroatoms. The van der Waals surface area contributed by atoms with E-state index in [4.69, 9.17) is 16.3 Å². The predicted octanol–water partition coefficient (Wildman–Crippen LogP) is 5.08. The van der Waals surface area contributed by atoms with E-state index in [1.807, 2.05) is 0 Å². The lowest BCUT2D eigenvalue weighted by atomic mass is 10.1. The minimum absolute atomic E-state index is 0.0115. The highest BCUT2D eigenvalue weighted by atomic mass is 35.5. The van der Waals surface area contributed by atoms with Crippen molar-refractivity contribution in [1.29, 1.82) is 0 Å². The normalized spacial score (nSPS) is 10.3. The Hall–Kier alpha value is -3.38. The number of hydrogen-bond donors (Lipinski definition) is 1. The third-order valence-electron chi connectivity index (χ3n) is 3.75. The van der Waals surface area contributed by atoms with E-state index in [-0.39, 0.29) is 18.2 Å². The summed E-state index contributed by atoms with van der Waals surface area (Å²) in [5.41, 5.74) is 2.01. The highest BCUT2D eigenvalue weighted by Gasteiger charge is 2.07. The first kappa shape index (κ1) is 18.4. The second-order valence-corrected chi connectivity index (χ2v) is 6.14. The second kappa shape index (κ2) is 8.33. The number of nitro groups is 1. The SMILES string of the molecule is O=C(Nc1cccc(Cl)c1)c1ccc(COc2ccc([N+](=O)[O-])cc2)cc1. The number of anilines is 1. The molecule has 0 spiro atoms. The number of carbonyl (C=O) groups excluding carboxylic acids is 1. The van der Waals surface area contributed by atoms with Crippen LogP contribution in [0.3, 0.4) is 0 Å². The maximum atomic E-state index is 12.3. The predicted molar refractivity (Wildman–Crippen MR) is 103 cm³/mol. The van der Waals surface area contributed by atoms with Crippen molar-refractivity contribution in [2.45, 2.75) is 6.61 Å². The number of ether oxygens (including phenoxy) is 1. The standard InChI is InChI=1S/C20H15ClN2O4/c21-16-2-1-3-17(12-16)22-20(24)15-6-4-14(5-7-15)13-27-19-10-8-18(9-11-19)23(25)26/h1-12H,13H2,(H,22,24). The third-order valence-corrected chi connectivity index (χ3v) is 3.99. The van der Waals surface area contributed by atoms with Gasteiger partial charge in [0.05, 0.1) is 4.92 Å². The van der Waals surface area contributed by atoms with Crippen LogP contribution in [0.15, 0.2) is 72.8 Å². The lowest BCUT2D eigenvalue weighted by Gasteiger charge is -2.08. The lowest BCUT2D eigenvalue weighted by molar-refractivity contribution is -0.384. The van der Waals surface area contributed by atoms with Crippen LogP contribution in [0, 0.1) is 10.1 Å². The van der Waals surface area contributed by atoms with Gasteiger partial charge < -0.3 is 10.1 Å². The average Bonchev–Trinajstić information content (AvgIpc) is 2.67. The number of nitrogens with zero attached hydrogens (tertiary/aromatic N) is 1. The largest absolute Gasteiger partial charge is 0.489 e. The zero-order valence-corrected chi connectivity index (χ0v) is 14.8. The molecule has 136 valence electrons. The van der Waals surface area contributed by atoms with E-state index in [9.17, 15) is 14.9 Å². The molecule has 0 heterocycles. The molecule has 0 aliphatic heterocycles. The summed E-state index contributed by atoms with van der Waals surface area (Å²) in [7, 11) is 0. The molecule has 6 nitrogen and oxygen atoms in total. The molecule has 3 rings (SSSR count). The maximum absolute atomic E-state index is 12.3. The van der Waals surface area contributed by atoms with Gasteiger partial charge in [0, 0.05) is 28.4 Å². The van der Waals surface area contributed by atoms with E-state index in [0.717, 1.165) is 5.56 Å². The Kier molecular flexibility index (Phi) is 5.68. The number of hydrogen-bond acceptors (Lipinski definition) is 4. The Morgan fingerprint density at radius 3 is 2.37 bits per heavy atom. The van der Waals surface area contributed by atoms with Crippen LogP contribution in [0.2, 0.25) is 5.02 Å². The van der Waals surface area contributed by atoms with E-state index >= 15 is 0 Å². The summed E-state index contributed by atoms with van der Waals surface area (Å²) < 4.78 is 5.60. The van der Waals surface area contributed by atoms with Crippen LogP contribution in [-0.2, 0) is 6.61 Å². The topological polar surface area (TPSA) is 81.5 Å². The maximum Gasteiger partial charge on any atom is 0.269 e. The molecular formula is C20H15ClN2O4. The number of non-ortho nitro benzene ring substituents is 1. The van der Waals surface area contributed by atoms with Crippen molar-refractivity contribution in [2.24, 2.45) is 0 Å². The number of nitro benzene ring substituents is 1. The fraction of sp³-hybridized carbons (Fsp3) is 0.0500. The van der Waals surface area contributed by atoms with Crippen LogP contribution < -0.4 is 10.1 Å². The highest BCUT2D eigenvalue weighted by Crippen LogP contribution is 2.19. The number of nitrogens with one attached hydrogen (secondary N) is 1. The molecule has 0 atom stereocenters. The Morgan fingerprint density at radius 2 is 1.74 bits per heavy atom. The first-order valence-electron chi connectivity index (χ1n) is 8.04. The Balaban J connectivity index is 1.58. The average molecular weight is 383 g/mol. The smallest absolute Gasteiger partial charge is 0.269 e. The van der Waals surface area contributed by atoms with Crippen LogP contribution in [-0.4, -0.2) is 10.8 Å². The molecule has 0 aliphatic rings. The van der Waals surface area contributed by atoms with Gasteiger partial charge in [-0.2, -0.15) is 0 Å². The molecule has 3 aromatic carbocycles. The summed E-state index contributed by atoms with van der Waals surface area (Å²) in [6, 6.07) is 19.8. The Bertz CT molecular complexity index is 956. The molecule has 0 radical (unpaired) electrons. The van der Waals surface area contributed by atoms with Gasteiger partial charge in [0.2, 0.25) is 0 Å². The minimum Gasteiger partial charge on any atom is -0.489 e. The van der Waals surface area contributed by atoms with Crippen LogP contribution in [0.25, 0.3) is 0 Å². The first-order chi connectivity index (χ1) is 13.0. The third kappa shape index (κ3) is 5.05. The van der Waals surface area contributed by atoms with Gasteiger partial charge in [-0.1, -0.05) is 29.8 Å². The molecule has 1 N–H and O–H groups in total. The molecule has 0 aliphatic carbocycles. The summed E-state index contributed by atoms with van der Waals surface area (Å²) >= 11 is 5.91. The second-order valence-electron chi connectivity index (χ2n) is 5.70. The van der Waals surface area contributed by atoms with Crippen LogP contribution in [0.5, 0.6) is 5.75 Å². The summed E-state index contributed by atoms with van der Waals surface area (Å²) in [6.45, 7) is 0.286. The molecule has 0 unspecified atom stereocenters. The number of amides is 1. The van der Waals surface area contributed by atoms with E-state index in [1.54, 1.807) is 60.7 Å². The van der Waals surface area contributed by atoms with Crippen molar-refractivity contribution in [3.8, 4) is 5.75 Å². The van der Waals surface area contributed by atoms with Gasteiger partial charge in [-0.15, -0.1) is 0 Å². The Morgan fingerprint density at radius 1 is 1.04 bits per heavy atom. The molecular weight excluding hydrogens is 368 g/mol. The van der Waals surface area contributed by atoms with Gasteiger partial charge in [-0.3, -0.25) is 14.9 Å². The quantitative estimate of drug-likeness (QED) is 0.476. The van der Waals surface area contributed by atoms with Crippen molar-refractivity contribution < 1.29 is 14.5 Å². The first-order valence-corrected chi connectivity index (χ1v) is 8.42. The summed E-state index contributed by atoms with van der Waals surface area (Å²) in [4.78, 5) is 22.4. The summed E-state index contributed by atoms with van der Waals surface area (Å²) in [5, 5.41) is 14.0. The highest BCUT2D eigenvalue weighted by molar-refractivity contribution is 6.30. The number of carbonyl (C=O) groups is 1. The number of halogens is 1. The molecule has 0 bridgehead atoms. The van der Waals surface area contributed by atoms with E-state index in [1.165, 1.54) is 12.1 Å². The molecule has 0 saturated carbocycles. The molecule has 0 aromatic heterocycles. The van der Waals surface area contributed by atoms with E-state index in [0.29, 0.717) is 22.0 Å². The van der Waals surface area contributed by atoms with Crippen LogP contribution in [0.1, 0.15) is 15.9 Å². The van der Waals surface area contributed by atoms with Crippen molar-refractivity contribution in [1.82, 2.24) is 0 Å². The molecule has 1 amide bonds. The van der Waals surface area contributed by atoms with E-state index < -0.39 is 4.92 Å². The molecule has 3 aromatic rings. The zero-order valence-electron chi connectivity index (χ0n) is 14.1. The Labute approximate surface area is 160 Å². The van der Waals surface area contributed by atoms with Crippen molar-refractivity contribution in [2.75, 3.05) is 5.32 Å². The molecule has 27 heavy (non-hydrogen) atoms. The minimum atomic E-state index is -0.461. The van der Waals surface area contributed by atoms with E-state index in [2.05, 4.69) is 5.32 Å². The van der Waals surface area contributed by atoms with Crippen molar-refractivity contribution >= 4 is 28.9 Å². The van der Waals surface area contributed by atoms with Gasteiger partial charge in [0.15, 0.2) is 0 Å². The summed E-state index contributed by atoms with van der Waals surface area (Å²) in [5.74, 6) is 0.295. The fourth-order valence-electron chi connectivity index (χ4n) is 2.35. The van der Waals surface area contributed by atoms with Crippen LogP contribution in [0.4, 0.5) is 11.4 Å². The summed E-state index contributed by atoms with van der Waals surface area (Å²) in [6.07, 6.45) is 0. The zero-order chi connectivity index (χ0) is 19.2. The molecule has 0 saturated heterocycles. The van der Waals surface area contributed by atoms with Crippen molar-refractivity contribution in [3.05, 3.63) is 99.1 Å². The number of benzene rings is 3.